The number of hydrogen-bond donors (Lipinski definition) is 2. The molecule has 3 fully saturated rings. The molecule has 0 aromatic carbocycles. The van der Waals surface area contributed by atoms with E-state index in [0.717, 1.165) is 25.7 Å². The summed E-state index contributed by atoms with van der Waals surface area (Å²) in [4.78, 5) is 3.00. The highest BCUT2D eigenvalue weighted by Gasteiger charge is 3.04. The molecule has 2 saturated carbocycles. The Labute approximate surface area is 117 Å². The van der Waals surface area contributed by atoms with Gasteiger partial charge in [-0.2, -0.15) is 10.5 Å². The first-order chi connectivity index (χ1) is 9.56. The minimum Gasteiger partial charge on any atom is -0.311 e. The molecule has 2 spiro atoms. The highest BCUT2D eigenvalue weighted by atomic mass is 16.8. The van der Waals surface area contributed by atoms with Gasteiger partial charge < -0.3 is 9.47 Å². The van der Waals surface area contributed by atoms with Crippen molar-refractivity contribution in [3.05, 3.63) is 0 Å². The summed E-state index contributed by atoms with van der Waals surface area (Å²) in [6.45, 7) is 2.30. The lowest BCUT2D eigenvalue weighted by molar-refractivity contribution is -0.680. The van der Waals surface area contributed by atoms with Crippen molar-refractivity contribution in [1.82, 2.24) is 0 Å². The Morgan fingerprint density at radius 2 is 2.00 bits per heavy atom. The third kappa shape index (κ3) is 0.804. The minimum absolute atomic E-state index is 0.117. The molecule has 4 aliphatic rings. The molecule has 20 heavy (non-hydrogen) atoms. The fourth-order valence-corrected chi connectivity index (χ4v) is 5.17. The molecule has 6 nitrogen and oxygen atoms in total. The summed E-state index contributed by atoms with van der Waals surface area (Å²) in [6, 6.07) is 4.73. The molecule has 1 saturated heterocycles. The lowest BCUT2D eigenvalue weighted by Gasteiger charge is -2.27. The Hall–Kier alpha value is -1.63. The molecule has 4 atom stereocenters. The summed E-state index contributed by atoms with van der Waals surface area (Å²) in [5.41, 5.74) is 3.74. The first-order valence-corrected chi connectivity index (χ1v) is 7.11. The van der Waals surface area contributed by atoms with Crippen molar-refractivity contribution in [3.8, 4) is 12.1 Å². The molecule has 2 aliphatic carbocycles. The second-order valence-corrected chi connectivity index (χ2v) is 6.41. The third-order valence-corrected chi connectivity index (χ3v) is 5.81. The van der Waals surface area contributed by atoms with Gasteiger partial charge in [-0.15, -0.1) is 0 Å². The molecule has 104 valence electrons. The molecular weight excluding hydrogens is 256 g/mol. The van der Waals surface area contributed by atoms with E-state index < -0.39 is 22.2 Å². The quantitative estimate of drug-likeness (QED) is 0.596. The van der Waals surface area contributed by atoms with Crippen LogP contribution in [0.15, 0.2) is 0 Å². The molecule has 0 radical (unpaired) electrons. The first-order valence-electron chi connectivity index (χ1n) is 7.11. The molecule has 4 rings (SSSR count). The monoisotopic (exact) mass is 273 g/mol. The maximum Gasteiger partial charge on any atom is 0.343 e. The zero-order valence-electron chi connectivity index (χ0n) is 11.4. The number of rotatable bonds is 0. The molecule has 0 aromatic rings. The third-order valence-electron chi connectivity index (χ3n) is 5.81. The van der Waals surface area contributed by atoms with Crippen LogP contribution in [0.1, 0.15) is 32.6 Å². The molecular formula is C14H17N4O2+. The molecule has 2 aliphatic heterocycles. The highest BCUT2D eigenvalue weighted by Crippen LogP contribution is 2.87. The number of nitriles is 2. The Morgan fingerprint density at radius 3 is 2.50 bits per heavy atom. The minimum atomic E-state index is -1.24. The van der Waals surface area contributed by atoms with E-state index in [1.54, 1.807) is 0 Å². The average Bonchev–Trinajstić information content (AvgIpc) is 2.83. The van der Waals surface area contributed by atoms with Crippen molar-refractivity contribution in [3.63, 3.8) is 0 Å². The number of hydrogen-bond acceptors (Lipinski definition) is 5. The van der Waals surface area contributed by atoms with Crippen LogP contribution < -0.4 is 10.7 Å². The van der Waals surface area contributed by atoms with E-state index in [-0.39, 0.29) is 6.10 Å². The lowest BCUT2D eigenvalue weighted by Crippen LogP contribution is -2.90. The van der Waals surface area contributed by atoms with Gasteiger partial charge in [-0.3, -0.25) is 5.73 Å². The van der Waals surface area contributed by atoms with E-state index >= 15 is 0 Å². The van der Waals surface area contributed by atoms with Crippen LogP contribution in [-0.2, 0) is 9.47 Å². The van der Waals surface area contributed by atoms with Gasteiger partial charge in [0.25, 0.3) is 5.84 Å². The van der Waals surface area contributed by atoms with Crippen LogP contribution in [0.2, 0.25) is 0 Å². The van der Waals surface area contributed by atoms with Crippen LogP contribution in [0.3, 0.4) is 0 Å². The van der Waals surface area contributed by atoms with Crippen molar-refractivity contribution in [2.45, 2.75) is 44.6 Å². The first kappa shape index (κ1) is 12.1. The lowest BCUT2D eigenvalue weighted by atomic mass is 9.88. The Balaban J connectivity index is 1.96. The SMILES string of the molecule is C[C@H]1CO[C@]2([NH+]=C(N)[C@@]3(C#N)C4(CCCC4)[C@@]23C#N)O1. The summed E-state index contributed by atoms with van der Waals surface area (Å²) in [5, 5.41) is 19.8. The van der Waals surface area contributed by atoms with E-state index in [2.05, 4.69) is 17.1 Å². The van der Waals surface area contributed by atoms with Crippen LogP contribution in [0.5, 0.6) is 0 Å². The van der Waals surface area contributed by atoms with E-state index in [4.69, 9.17) is 15.2 Å². The zero-order valence-corrected chi connectivity index (χ0v) is 11.4. The van der Waals surface area contributed by atoms with Gasteiger partial charge in [-0.1, -0.05) is 12.8 Å². The Kier molecular flexibility index (Phi) is 1.92. The van der Waals surface area contributed by atoms with Gasteiger partial charge in [0.15, 0.2) is 10.8 Å². The van der Waals surface area contributed by atoms with Gasteiger partial charge in [-0.05, 0) is 19.8 Å². The smallest absolute Gasteiger partial charge is 0.311 e. The van der Waals surface area contributed by atoms with Crippen molar-refractivity contribution in [1.29, 1.82) is 10.5 Å². The molecule has 3 N–H and O–H groups in total. The molecule has 0 amide bonds. The van der Waals surface area contributed by atoms with Crippen LogP contribution in [0.25, 0.3) is 0 Å². The van der Waals surface area contributed by atoms with Crippen LogP contribution in [-0.4, -0.2) is 24.5 Å². The standard InChI is InChI=1S/C14H16N4O2/c1-9-6-19-14(20-9)13(8-16)11(4-2-3-5-11)12(13,7-15)10(17)18-14/h9H,2-6H2,1H3,(H2,17,18)/p+1/t9-,12-,13+,14-/m0/s1. The van der Waals surface area contributed by atoms with Gasteiger partial charge in [-0.25, -0.2) is 4.99 Å². The van der Waals surface area contributed by atoms with Crippen molar-refractivity contribution in [2.24, 2.45) is 22.0 Å². The summed E-state index contributed by atoms with van der Waals surface area (Å²) in [7, 11) is 0. The predicted molar refractivity (Wildman–Crippen MR) is 66.4 cm³/mol. The average molecular weight is 273 g/mol. The topological polar surface area (TPSA) is 106 Å². The van der Waals surface area contributed by atoms with Gasteiger partial charge in [0.1, 0.15) is 0 Å². The fourth-order valence-electron chi connectivity index (χ4n) is 5.17. The van der Waals surface area contributed by atoms with Crippen molar-refractivity contribution >= 4 is 5.84 Å². The fraction of sp³-hybridized carbons (Fsp3) is 0.786. The number of nitrogens with one attached hydrogen (secondary N) is 1. The van der Waals surface area contributed by atoms with Gasteiger partial charge in [0, 0.05) is 5.41 Å². The number of nitrogens with two attached hydrogens (primary N) is 1. The zero-order chi connectivity index (χ0) is 14.2. The van der Waals surface area contributed by atoms with Crippen LogP contribution in [0, 0.1) is 38.9 Å². The summed E-state index contributed by atoms with van der Waals surface area (Å²) >= 11 is 0. The van der Waals surface area contributed by atoms with Gasteiger partial charge >= 0.3 is 5.91 Å². The number of ether oxygens (including phenoxy) is 2. The summed E-state index contributed by atoms with van der Waals surface area (Å²) in [6.07, 6.45) is 3.59. The second kappa shape index (κ2) is 3.16. The molecule has 6 heteroatoms. The molecule has 0 unspecified atom stereocenters. The van der Waals surface area contributed by atoms with E-state index in [9.17, 15) is 10.5 Å². The van der Waals surface area contributed by atoms with Gasteiger partial charge in [0.05, 0.1) is 24.8 Å². The number of amidine groups is 1. The maximum absolute atomic E-state index is 9.95. The van der Waals surface area contributed by atoms with Crippen LogP contribution >= 0.6 is 0 Å². The van der Waals surface area contributed by atoms with E-state index in [1.807, 2.05) is 6.92 Å². The van der Waals surface area contributed by atoms with Crippen molar-refractivity contribution in [2.75, 3.05) is 6.61 Å². The molecule has 0 bridgehead atoms. The normalized spacial score (nSPS) is 50.8. The molecule has 2 heterocycles. The van der Waals surface area contributed by atoms with E-state index in [1.165, 1.54) is 0 Å². The number of nitrogens with zero attached hydrogens (tertiary/aromatic N) is 2. The number of fused-ring (bicyclic) bond motifs is 4. The van der Waals surface area contributed by atoms with Crippen LogP contribution in [0.4, 0.5) is 0 Å². The summed E-state index contributed by atoms with van der Waals surface area (Å²) in [5.74, 6) is -0.900. The highest BCUT2D eigenvalue weighted by molar-refractivity contribution is 5.95. The maximum atomic E-state index is 9.95. The Morgan fingerprint density at radius 1 is 1.30 bits per heavy atom. The molecule has 0 aromatic heterocycles. The predicted octanol–water partition coefficient (Wildman–Crippen LogP) is -0.879. The van der Waals surface area contributed by atoms with Gasteiger partial charge in [0.2, 0.25) is 0 Å². The Bertz CT molecular complexity index is 612. The largest absolute Gasteiger partial charge is 0.343 e. The summed E-state index contributed by atoms with van der Waals surface area (Å²) < 4.78 is 11.8. The van der Waals surface area contributed by atoms with E-state index in [0.29, 0.717) is 12.4 Å². The second-order valence-electron chi connectivity index (χ2n) is 6.41. The van der Waals surface area contributed by atoms with Crippen molar-refractivity contribution < 1.29 is 14.5 Å².